The van der Waals surface area contributed by atoms with Gasteiger partial charge in [0.15, 0.2) is 5.76 Å². The molecule has 0 unspecified atom stereocenters. The Bertz CT molecular complexity index is 522. The normalized spacial score (nSPS) is 10.1. The van der Waals surface area contributed by atoms with Gasteiger partial charge in [-0.2, -0.15) is 0 Å². The first-order valence-corrected chi connectivity index (χ1v) is 5.02. The minimum absolute atomic E-state index is 0.249. The van der Waals surface area contributed by atoms with Crippen molar-refractivity contribution >= 4 is 23.3 Å². The SMILES string of the molecule is Cc1ccc(C(=O)Nc2cc(Cl)ccn2)o1. The molecule has 5 heteroatoms. The van der Waals surface area contributed by atoms with E-state index in [9.17, 15) is 4.79 Å². The van der Waals surface area contributed by atoms with E-state index in [1.54, 1.807) is 31.2 Å². The van der Waals surface area contributed by atoms with Gasteiger partial charge < -0.3 is 9.73 Å². The second kappa shape index (κ2) is 4.37. The maximum absolute atomic E-state index is 11.7. The third kappa shape index (κ3) is 2.41. The van der Waals surface area contributed by atoms with Gasteiger partial charge in [-0.3, -0.25) is 4.79 Å². The van der Waals surface area contributed by atoms with Gasteiger partial charge in [0.1, 0.15) is 11.6 Å². The Kier molecular flexibility index (Phi) is 2.92. The van der Waals surface area contributed by atoms with Crippen molar-refractivity contribution in [3.63, 3.8) is 0 Å². The number of carbonyl (C=O) groups excluding carboxylic acids is 1. The lowest BCUT2D eigenvalue weighted by Crippen LogP contribution is -2.11. The summed E-state index contributed by atoms with van der Waals surface area (Å²) in [6, 6.07) is 6.53. The topological polar surface area (TPSA) is 55.1 Å². The van der Waals surface area contributed by atoms with Gasteiger partial charge >= 0.3 is 0 Å². The molecule has 2 aromatic heterocycles. The number of rotatable bonds is 2. The van der Waals surface area contributed by atoms with Gasteiger partial charge in [-0.1, -0.05) is 11.6 Å². The molecule has 82 valence electrons. The summed E-state index contributed by atoms with van der Waals surface area (Å²) in [6.45, 7) is 1.77. The highest BCUT2D eigenvalue weighted by molar-refractivity contribution is 6.30. The molecule has 0 aromatic carbocycles. The molecule has 0 bridgehead atoms. The minimum Gasteiger partial charge on any atom is -0.456 e. The van der Waals surface area contributed by atoms with Gasteiger partial charge in [-0.05, 0) is 31.2 Å². The Morgan fingerprint density at radius 3 is 2.88 bits per heavy atom. The number of nitrogens with zero attached hydrogens (tertiary/aromatic N) is 1. The van der Waals surface area contributed by atoms with E-state index in [1.807, 2.05) is 0 Å². The fraction of sp³-hybridized carbons (Fsp3) is 0.0909. The van der Waals surface area contributed by atoms with Gasteiger partial charge in [-0.25, -0.2) is 4.98 Å². The maximum atomic E-state index is 11.7. The van der Waals surface area contributed by atoms with Crippen LogP contribution in [0.25, 0.3) is 0 Å². The average molecular weight is 237 g/mol. The molecule has 0 saturated heterocycles. The van der Waals surface area contributed by atoms with Crippen molar-refractivity contribution in [2.75, 3.05) is 5.32 Å². The number of aromatic nitrogens is 1. The van der Waals surface area contributed by atoms with Crippen LogP contribution in [0.1, 0.15) is 16.3 Å². The number of carbonyl (C=O) groups is 1. The lowest BCUT2D eigenvalue weighted by atomic mass is 10.4. The molecule has 0 spiro atoms. The monoisotopic (exact) mass is 236 g/mol. The Labute approximate surface area is 97.2 Å². The predicted molar refractivity (Wildman–Crippen MR) is 60.6 cm³/mol. The zero-order chi connectivity index (χ0) is 11.5. The molecule has 16 heavy (non-hydrogen) atoms. The third-order valence-electron chi connectivity index (χ3n) is 1.93. The fourth-order valence-corrected chi connectivity index (χ4v) is 1.37. The number of pyridine rings is 1. The van der Waals surface area contributed by atoms with Gasteiger partial charge in [0.2, 0.25) is 0 Å². The lowest BCUT2D eigenvalue weighted by Gasteiger charge is -2.01. The van der Waals surface area contributed by atoms with Crippen molar-refractivity contribution in [3.8, 4) is 0 Å². The molecule has 2 aromatic rings. The Morgan fingerprint density at radius 2 is 2.25 bits per heavy atom. The van der Waals surface area contributed by atoms with Crippen LogP contribution in [0.4, 0.5) is 5.82 Å². The third-order valence-corrected chi connectivity index (χ3v) is 2.16. The zero-order valence-electron chi connectivity index (χ0n) is 8.53. The van der Waals surface area contributed by atoms with Crippen molar-refractivity contribution in [1.82, 2.24) is 4.98 Å². The Balaban J connectivity index is 2.13. The van der Waals surface area contributed by atoms with Gasteiger partial charge in [-0.15, -0.1) is 0 Å². The predicted octanol–water partition coefficient (Wildman–Crippen LogP) is 2.89. The zero-order valence-corrected chi connectivity index (χ0v) is 9.28. The highest BCUT2D eigenvalue weighted by atomic mass is 35.5. The highest BCUT2D eigenvalue weighted by Crippen LogP contribution is 2.13. The van der Waals surface area contributed by atoms with Crippen LogP contribution in [0.2, 0.25) is 5.02 Å². The van der Waals surface area contributed by atoms with Crippen LogP contribution in [0.3, 0.4) is 0 Å². The van der Waals surface area contributed by atoms with Crippen LogP contribution in [0, 0.1) is 6.92 Å². The van der Waals surface area contributed by atoms with E-state index in [2.05, 4.69) is 10.3 Å². The van der Waals surface area contributed by atoms with Crippen LogP contribution < -0.4 is 5.32 Å². The molecule has 0 aliphatic heterocycles. The summed E-state index contributed by atoms with van der Waals surface area (Å²) in [4.78, 5) is 15.6. The standard InChI is InChI=1S/C11H9ClN2O2/c1-7-2-3-9(16-7)11(15)14-10-6-8(12)4-5-13-10/h2-6H,1H3,(H,13,14,15). The number of furan rings is 1. The van der Waals surface area contributed by atoms with Gasteiger partial charge in [0.25, 0.3) is 5.91 Å². The summed E-state index contributed by atoms with van der Waals surface area (Å²) in [6.07, 6.45) is 1.52. The summed E-state index contributed by atoms with van der Waals surface area (Å²) >= 11 is 5.76. The quantitative estimate of drug-likeness (QED) is 0.872. The molecule has 0 aliphatic rings. The minimum atomic E-state index is -0.345. The molecule has 2 rings (SSSR count). The van der Waals surface area contributed by atoms with Crippen LogP contribution in [0.15, 0.2) is 34.9 Å². The highest BCUT2D eigenvalue weighted by Gasteiger charge is 2.10. The molecule has 0 atom stereocenters. The summed E-state index contributed by atoms with van der Waals surface area (Å²) in [5.74, 6) is 0.984. The van der Waals surface area contributed by atoms with E-state index in [4.69, 9.17) is 16.0 Å². The molecule has 1 N–H and O–H groups in total. The molecule has 2 heterocycles. The summed E-state index contributed by atoms with van der Waals surface area (Å²) < 4.78 is 5.17. The first kappa shape index (κ1) is 10.7. The van der Waals surface area contributed by atoms with E-state index in [-0.39, 0.29) is 11.7 Å². The largest absolute Gasteiger partial charge is 0.456 e. The van der Waals surface area contributed by atoms with Gasteiger partial charge in [0, 0.05) is 11.2 Å². The lowest BCUT2D eigenvalue weighted by molar-refractivity contribution is 0.0995. The van der Waals surface area contributed by atoms with Crippen molar-refractivity contribution in [2.24, 2.45) is 0 Å². The van der Waals surface area contributed by atoms with E-state index in [0.29, 0.717) is 16.6 Å². The first-order chi connectivity index (χ1) is 7.65. The Hall–Kier alpha value is -1.81. The number of nitrogens with one attached hydrogen (secondary N) is 1. The summed E-state index contributed by atoms with van der Waals surface area (Å²) in [7, 11) is 0. The number of hydrogen-bond acceptors (Lipinski definition) is 3. The molecule has 4 nitrogen and oxygen atoms in total. The number of halogens is 1. The van der Waals surface area contributed by atoms with E-state index < -0.39 is 0 Å². The van der Waals surface area contributed by atoms with Crippen molar-refractivity contribution in [3.05, 3.63) is 47.0 Å². The number of aryl methyl sites for hydroxylation is 1. The van der Waals surface area contributed by atoms with Crippen LogP contribution in [-0.2, 0) is 0 Å². The van der Waals surface area contributed by atoms with Crippen LogP contribution >= 0.6 is 11.6 Å². The van der Waals surface area contributed by atoms with E-state index >= 15 is 0 Å². The fourth-order valence-electron chi connectivity index (χ4n) is 1.21. The van der Waals surface area contributed by atoms with Crippen LogP contribution in [-0.4, -0.2) is 10.9 Å². The first-order valence-electron chi connectivity index (χ1n) is 4.64. The summed E-state index contributed by atoms with van der Waals surface area (Å²) in [5, 5.41) is 3.10. The number of amides is 1. The second-order valence-corrected chi connectivity index (χ2v) is 3.66. The van der Waals surface area contributed by atoms with E-state index in [1.165, 1.54) is 6.20 Å². The summed E-state index contributed by atoms with van der Waals surface area (Å²) in [5.41, 5.74) is 0. The van der Waals surface area contributed by atoms with Crippen LogP contribution in [0.5, 0.6) is 0 Å². The molecular formula is C11H9ClN2O2. The van der Waals surface area contributed by atoms with Gasteiger partial charge in [0.05, 0.1) is 0 Å². The van der Waals surface area contributed by atoms with Crippen molar-refractivity contribution in [1.29, 1.82) is 0 Å². The molecule has 1 amide bonds. The average Bonchev–Trinajstić information content (AvgIpc) is 2.65. The molecule has 0 aliphatic carbocycles. The molecule has 0 radical (unpaired) electrons. The van der Waals surface area contributed by atoms with Crippen molar-refractivity contribution in [2.45, 2.75) is 6.92 Å². The molecular weight excluding hydrogens is 228 g/mol. The van der Waals surface area contributed by atoms with E-state index in [0.717, 1.165) is 0 Å². The molecule has 0 fully saturated rings. The second-order valence-electron chi connectivity index (χ2n) is 3.22. The molecule has 0 saturated carbocycles. The Morgan fingerprint density at radius 1 is 1.44 bits per heavy atom. The number of hydrogen-bond donors (Lipinski definition) is 1. The smallest absolute Gasteiger partial charge is 0.292 e. The maximum Gasteiger partial charge on any atom is 0.292 e. The van der Waals surface area contributed by atoms with Crippen molar-refractivity contribution < 1.29 is 9.21 Å². The number of anilines is 1.